The largest absolute Gasteiger partial charge is 0.469 e. The molecule has 2 aromatic heterocycles. The van der Waals surface area contributed by atoms with Crippen LogP contribution < -0.4 is 5.32 Å². The van der Waals surface area contributed by atoms with Crippen LogP contribution in [0, 0.1) is 0 Å². The van der Waals surface area contributed by atoms with Crippen LogP contribution in [0.4, 0.5) is 0 Å². The zero-order valence-electron chi connectivity index (χ0n) is 11.2. The van der Waals surface area contributed by atoms with Crippen LogP contribution in [0.1, 0.15) is 27.8 Å². The number of esters is 1. The van der Waals surface area contributed by atoms with Gasteiger partial charge in [0.25, 0.3) is 5.91 Å². The van der Waals surface area contributed by atoms with Crippen molar-refractivity contribution in [3.63, 3.8) is 0 Å². The van der Waals surface area contributed by atoms with E-state index in [0.29, 0.717) is 4.34 Å². The van der Waals surface area contributed by atoms with Gasteiger partial charge in [0.2, 0.25) is 0 Å². The van der Waals surface area contributed by atoms with E-state index in [4.69, 9.17) is 11.6 Å². The zero-order valence-corrected chi connectivity index (χ0v) is 12.8. The molecule has 1 amide bonds. The topological polar surface area (TPSA) is 68.3 Å². The average Bonchev–Trinajstić information content (AvgIpc) is 2.93. The molecule has 0 aromatic carbocycles. The first-order valence-electron chi connectivity index (χ1n) is 6.14. The highest BCUT2D eigenvalue weighted by atomic mass is 35.5. The summed E-state index contributed by atoms with van der Waals surface area (Å²) in [6.45, 7) is 0. The third-order valence-corrected chi connectivity index (χ3v) is 4.08. The van der Waals surface area contributed by atoms with Crippen molar-refractivity contribution in [1.82, 2.24) is 10.3 Å². The molecule has 110 valence electrons. The molecule has 5 nitrogen and oxygen atoms in total. The fraction of sp³-hybridized carbons (Fsp3) is 0.214. The number of methoxy groups -OCH3 is 1. The summed E-state index contributed by atoms with van der Waals surface area (Å²) in [6.07, 6.45) is 1.57. The van der Waals surface area contributed by atoms with Crippen LogP contribution in [0.2, 0.25) is 4.34 Å². The zero-order chi connectivity index (χ0) is 15.2. The van der Waals surface area contributed by atoms with Crippen molar-refractivity contribution >= 4 is 34.8 Å². The van der Waals surface area contributed by atoms with Gasteiger partial charge in [-0.05, 0) is 24.3 Å². The molecule has 0 saturated heterocycles. The molecule has 2 heterocycles. The number of carbonyl (C=O) groups excluding carboxylic acids is 2. The molecule has 2 aromatic rings. The summed E-state index contributed by atoms with van der Waals surface area (Å²) in [6, 6.07) is 8.05. The number of nitrogens with one attached hydrogen (secondary N) is 1. The minimum Gasteiger partial charge on any atom is -0.469 e. The number of halogens is 1. The van der Waals surface area contributed by atoms with E-state index in [0.717, 1.165) is 4.88 Å². The number of hydrogen-bond acceptors (Lipinski definition) is 5. The fourth-order valence-electron chi connectivity index (χ4n) is 1.72. The number of thiophene rings is 1. The third kappa shape index (κ3) is 4.27. The monoisotopic (exact) mass is 324 g/mol. The standard InChI is InChI=1S/C14H13ClN2O3S/c1-20-13(18)8-10(11-5-6-12(15)21-11)17-14(19)9-4-2-3-7-16-9/h2-7,10H,8H2,1H3,(H,17,19). The van der Waals surface area contributed by atoms with Gasteiger partial charge in [0.05, 0.1) is 23.9 Å². The summed E-state index contributed by atoms with van der Waals surface area (Å²) < 4.78 is 5.25. The summed E-state index contributed by atoms with van der Waals surface area (Å²) in [5.74, 6) is -0.764. The number of carbonyl (C=O) groups is 2. The van der Waals surface area contributed by atoms with Crippen molar-refractivity contribution in [3.8, 4) is 0 Å². The van der Waals surface area contributed by atoms with Crippen LogP contribution in [-0.4, -0.2) is 24.0 Å². The molecule has 0 aliphatic heterocycles. The first-order valence-corrected chi connectivity index (χ1v) is 7.33. The Hall–Kier alpha value is -1.92. The number of nitrogens with zero attached hydrogens (tertiary/aromatic N) is 1. The van der Waals surface area contributed by atoms with Crippen molar-refractivity contribution in [2.45, 2.75) is 12.5 Å². The summed E-state index contributed by atoms with van der Waals surface area (Å²) >= 11 is 7.21. The van der Waals surface area contributed by atoms with Gasteiger partial charge in [-0.25, -0.2) is 0 Å². The van der Waals surface area contributed by atoms with Gasteiger partial charge in [-0.1, -0.05) is 17.7 Å². The second-order valence-electron chi connectivity index (χ2n) is 4.16. The Kier molecular flexibility index (Phi) is 5.30. The van der Waals surface area contributed by atoms with E-state index in [1.165, 1.54) is 24.6 Å². The van der Waals surface area contributed by atoms with Crippen LogP contribution in [-0.2, 0) is 9.53 Å². The highest BCUT2D eigenvalue weighted by Crippen LogP contribution is 2.29. The molecule has 2 rings (SSSR count). The number of pyridine rings is 1. The number of hydrogen-bond donors (Lipinski definition) is 1. The number of ether oxygens (including phenoxy) is 1. The lowest BCUT2D eigenvalue weighted by atomic mass is 10.1. The number of aromatic nitrogens is 1. The summed E-state index contributed by atoms with van der Waals surface area (Å²) in [5.41, 5.74) is 0.287. The first-order chi connectivity index (χ1) is 10.1. The van der Waals surface area contributed by atoms with Gasteiger partial charge in [0.1, 0.15) is 5.69 Å². The molecule has 0 spiro atoms. The van der Waals surface area contributed by atoms with Gasteiger partial charge in [0.15, 0.2) is 0 Å². The third-order valence-electron chi connectivity index (χ3n) is 2.74. The van der Waals surface area contributed by atoms with Crippen molar-refractivity contribution in [2.24, 2.45) is 0 Å². The lowest BCUT2D eigenvalue weighted by Gasteiger charge is -2.16. The molecule has 0 fully saturated rings. The summed E-state index contributed by atoms with van der Waals surface area (Å²) in [7, 11) is 1.31. The molecule has 0 saturated carbocycles. The molecular weight excluding hydrogens is 312 g/mol. The van der Waals surface area contributed by atoms with Gasteiger partial charge in [-0.2, -0.15) is 0 Å². The summed E-state index contributed by atoms with van der Waals surface area (Å²) in [4.78, 5) is 28.4. The van der Waals surface area contributed by atoms with Crippen LogP contribution in [0.25, 0.3) is 0 Å². The van der Waals surface area contributed by atoms with E-state index in [9.17, 15) is 9.59 Å². The van der Waals surface area contributed by atoms with Crippen LogP contribution >= 0.6 is 22.9 Å². The molecule has 1 N–H and O–H groups in total. The predicted molar refractivity (Wildman–Crippen MR) is 80.4 cm³/mol. The summed E-state index contributed by atoms with van der Waals surface area (Å²) in [5, 5.41) is 2.78. The lowest BCUT2D eigenvalue weighted by molar-refractivity contribution is -0.141. The normalized spacial score (nSPS) is 11.7. The fourth-order valence-corrected chi connectivity index (χ4v) is 2.83. The molecular formula is C14H13ClN2O3S. The highest BCUT2D eigenvalue weighted by molar-refractivity contribution is 7.16. The second kappa shape index (κ2) is 7.19. The van der Waals surface area contributed by atoms with E-state index in [1.807, 2.05) is 0 Å². The Morgan fingerprint density at radius 3 is 2.76 bits per heavy atom. The van der Waals surface area contributed by atoms with Gasteiger partial charge in [-0.3, -0.25) is 14.6 Å². The highest BCUT2D eigenvalue weighted by Gasteiger charge is 2.21. The van der Waals surface area contributed by atoms with Gasteiger partial charge in [0, 0.05) is 11.1 Å². The smallest absolute Gasteiger partial charge is 0.307 e. The number of rotatable bonds is 5. The molecule has 1 atom stereocenters. The number of amides is 1. The molecule has 7 heteroatoms. The molecule has 0 radical (unpaired) electrons. The van der Waals surface area contributed by atoms with E-state index in [1.54, 1.807) is 30.3 Å². The molecule has 0 bridgehead atoms. The quantitative estimate of drug-likeness (QED) is 0.859. The Balaban J connectivity index is 2.16. The average molecular weight is 325 g/mol. The van der Waals surface area contributed by atoms with E-state index in [-0.39, 0.29) is 18.0 Å². The van der Waals surface area contributed by atoms with Crippen LogP contribution in [0.3, 0.4) is 0 Å². The maximum Gasteiger partial charge on any atom is 0.307 e. The van der Waals surface area contributed by atoms with Gasteiger partial charge >= 0.3 is 5.97 Å². The Bertz CT molecular complexity index is 630. The maximum absolute atomic E-state index is 12.2. The minimum absolute atomic E-state index is 0.0336. The Morgan fingerprint density at radius 2 is 2.19 bits per heavy atom. The van der Waals surface area contributed by atoms with E-state index in [2.05, 4.69) is 15.0 Å². The van der Waals surface area contributed by atoms with Gasteiger partial charge in [-0.15, -0.1) is 11.3 Å². The van der Waals surface area contributed by atoms with Crippen molar-refractivity contribution in [2.75, 3.05) is 7.11 Å². The first kappa shape index (κ1) is 15.5. The molecule has 1 unspecified atom stereocenters. The van der Waals surface area contributed by atoms with Crippen molar-refractivity contribution in [1.29, 1.82) is 0 Å². The molecule has 21 heavy (non-hydrogen) atoms. The predicted octanol–water partition coefficient (Wildman–Crippen LogP) is 2.83. The second-order valence-corrected chi connectivity index (χ2v) is 5.91. The minimum atomic E-state index is -0.496. The Labute approximate surface area is 130 Å². The van der Waals surface area contributed by atoms with E-state index >= 15 is 0 Å². The SMILES string of the molecule is COC(=O)CC(NC(=O)c1ccccn1)c1ccc(Cl)s1. The Morgan fingerprint density at radius 1 is 1.38 bits per heavy atom. The van der Waals surface area contributed by atoms with Crippen molar-refractivity contribution in [3.05, 3.63) is 51.4 Å². The maximum atomic E-state index is 12.2. The van der Waals surface area contributed by atoms with Crippen LogP contribution in [0.5, 0.6) is 0 Å². The van der Waals surface area contributed by atoms with E-state index < -0.39 is 12.0 Å². The van der Waals surface area contributed by atoms with Gasteiger partial charge < -0.3 is 10.1 Å². The molecule has 0 aliphatic carbocycles. The van der Waals surface area contributed by atoms with Crippen molar-refractivity contribution < 1.29 is 14.3 Å². The molecule has 0 aliphatic rings. The lowest BCUT2D eigenvalue weighted by Crippen LogP contribution is -2.30. The van der Waals surface area contributed by atoms with Crippen LogP contribution in [0.15, 0.2) is 36.5 Å².